The van der Waals surface area contributed by atoms with Crippen LogP contribution in [0.3, 0.4) is 0 Å². The van der Waals surface area contributed by atoms with Crippen LogP contribution in [0, 0.1) is 6.92 Å². The van der Waals surface area contributed by atoms with E-state index < -0.39 is 21.1 Å². The highest BCUT2D eigenvalue weighted by Gasteiger charge is 2.26. The molecule has 3 aromatic carbocycles. The molecule has 4 rings (SSSR count). The van der Waals surface area contributed by atoms with Gasteiger partial charge in [0, 0.05) is 11.4 Å². The standard InChI is InChI=1S/C27H26N4O5S2/c1-3-23(25(32)28-20-13-11-19(12-14-20)26(33)34)37-27-30-29-24(31(27)21-7-5-4-6-8-21)17-38(35,36)22-15-9-18(2)10-16-22/h4-16,23H,3,17H2,1-2H3,(H,28,32)(H,33,34). The lowest BCUT2D eigenvalue weighted by atomic mass is 10.2. The van der Waals surface area contributed by atoms with Crippen LogP contribution in [-0.2, 0) is 20.4 Å². The molecular formula is C27H26N4O5S2. The Labute approximate surface area is 224 Å². The van der Waals surface area contributed by atoms with Gasteiger partial charge in [0.05, 0.1) is 15.7 Å². The number of sulfone groups is 1. The van der Waals surface area contributed by atoms with Gasteiger partial charge in [-0.15, -0.1) is 10.2 Å². The summed E-state index contributed by atoms with van der Waals surface area (Å²) in [7, 11) is -3.70. The third-order valence-electron chi connectivity index (χ3n) is 5.72. The molecule has 0 aliphatic rings. The second-order valence-corrected chi connectivity index (χ2v) is 11.7. The molecule has 11 heteroatoms. The molecule has 1 amide bonds. The minimum absolute atomic E-state index is 0.119. The van der Waals surface area contributed by atoms with Crippen molar-refractivity contribution in [3.8, 4) is 5.69 Å². The maximum atomic E-state index is 13.2. The molecule has 9 nitrogen and oxygen atoms in total. The Hall–Kier alpha value is -3.96. The smallest absolute Gasteiger partial charge is 0.335 e. The maximum Gasteiger partial charge on any atom is 0.335 e. The zero-order chi connectivity index (χ0) is 27.3. The lowest BCUT2D eigenvalue weighted by molar-refractivity contribution is -0.115. The summed E-state index contributed by atoms with van der Waals surface area (Å²) in [5.74, 6) is -1.47. The summed E-state index contributed by atoms with van der Waals surface area (Å²) in [5, 5.41) is 20.2. The van der Waals surface area contributed by atoms with Crippen LogP contribution in [0.5, 0.6) is 0 Å². The molecule has 1 aromatic heterocycles. The predicted octanol–water partition coefficient (Wildman–Crippen LogP) is 4.76. The van der Waals surface area contributed by atoms with Crippen molar-refractivity contribution in [3.05, 3.63) is 95.8 Å². The van der Waals surface area contributed by atoms with Gasteiger partial charge in [0.15, 0.2) is 20.8 Å². The number of aromatic carboxylic acids is 1. The number of hydrogen-bond donors (Lipinski definition) is 2. The van der Waals surface area contributed by atoms with Gasteiger partial charge in [0.25, 0.3) is 0 Å². The number of aromatic nitrogens is 3. The summed E-state index contributed by atoms with van der Waals surface area (Å²) in [6.45, 7) is 3.74. The second-order valence-electron chi connectivity index (χ2n) is 8.53. The molecule has 38 heavy (non-hydrogen) atoms. The Balaban J connectivity index is 1.61. The van der Waals surface area contributed by atoms with E-state index >= 15 is 0 Å². The number of carbonyl (C=O) groups is 2. The SMILES string of the molecule is CCC(Sc1nnc(CS(=O)(=O)c2ccc(C)cc2)n1-c1ccccc1)C(=O)Nc1ccc(C(=O)O)cc1. The van der Waals surface area contributed by atoms with Gasteiger partial charge in [-0.3, -0.25) is 9.36 Å². The van der Waals surface area contributed by atoms with Crippen LogP contribution >= 0.6 is 11.8 Å². The number of hydrogen-bond acceptors (Lipinski definition) is 7. The highest BCUT2D eigenvalue weighted by atomic mass is 32.2. The molecule has 0 spiro atoms. The first-order valence-corrected chi connectivity index (χ1v) is 14.3. The number of carbonyl (C=O) groups excluding carboxylic acids is 1. The predicted molar refractivity (Wildman–Crippen MR) is 145 cm³/mol. The number of rotatable bonds is 10. The Morgan fingerprint density at radius 1 is 0.974 bits per heavy atom. The number of thioether (sulfide) groups is 1. The fraction of sp³-hybridized carbons (Fsp3) is 0.185. The summed E-state index contributed by atoms with van der Waals surface area (Å²) >= 11 is 1.18. The van der Waals surface area contributed by atoms with E-state index in [-0.39, 0.29) is 27.9 Å². The minimum atomic E-state index is -3.70. The number of amides is 1. The molecular weight excluding hydrogens is 524 g/mol. The van der Waals surface area contributed by atoms with Crippen molar-refractivity contribution < 1.29 is 23.1 Å². The van der Waals surface area contributed by atoms with Gasteiger partial charge in [-0.05, 0) is 61.9 Å². The number of benzene rings is 3. The van der Waals surface area contributed by atoms with E-state index in [4.69, 9.17) is 5.11 Å². The van der Waals surface area contributed by atoms with Gasteiger partial charge in [-0.2, -0.15) is 0 Å². The monoisotopic (exact) mass is 550 g/mol. The Morgan fingerprint density at radius 3 is 2.24 bits per heavy atom. The zero-order valence-electron chi connectivity index (χ0n) is 20.7. The summed E-state index contributed by atoms with van der Waals surface area (Å²) in [4.78, 5) is 24.3. The van der Waals surface area contributed by atoms with E-state index in [1.807, 2.05) is 44.2 Å². The maximum absolute atomic E-state index is 13.2. The molecule has 1 unspecified atom stereocenters. The Kier molecular flexibility index (Phi) is 8.28. The third-order valence-corrected chi connectivity index (χ3v) is 8.66. The molecule has 0 saturated heterocycles. The Morgan fingerprint density at radius 2 is 1.63 bits per heavy atom. The highest BCUT2D eigenvalue weighted by molar-refractivity contribution is 8.00. The van der Waals surface area contributed by atoms with Crippen LogP contribution < -0.4 is 5.32 Å². The van der Waals surface area contributed by atoms with Crippen LogP contribution in [-0.4, -0.2) is 45.4 Å². The number of aryl methyl sites for hydroxylation is 1. The number of anilines is 1. The van der Waals surface area contributed by atoms with Crippen molar-refractivity contribution in [1.82, 2.24) is 14.8 Å². The van der Waals surface area contributed by atoms with E-state index in [0.717, 1.165) is 5.56 Å². The van der Waals surface area contributed by atoms with E-state index in [1.54, 1.807) is 28.8 Å². The third kappa shape index (κ3) is 6.29. The van der Waals surface area contributed by atoms with Crippen molar-refractivity contribution in [2.75, 3.05) is 5.32 Å². The number of nitrogens with zero attached hydrogens (tertiary/aromatic N) is 3. The largest absolute Gasteiger partial charge is 0.478 e. The van der Waals surface area contributed by atoms with Crippen molar-refractivity contribution in [2.24, 2.45) is 0 Å². The van der Waals surface area contributed by atoms with Crippen molar-refractivity contribution >= 4 is 39.2 Å². The summed E-state index contributed by atoms with van der Waals surface area (Å²) in [5.41, 5.74) is 2.22. The molecule has 0 aliphatic carbocycles. The van der Waals surface area contributed by atoms with Gasteiger partial charge >= 0.3 is 5.97 Å². The summed E-state index contributed by atoms with van der Waals surface area (Å²) < 4.78 is 28.0. The van der Waals surface area contributed by atoms with Gasteiger partial charge in [-0.1, -0.05) is 54.6 Å². The van der Waals surface area contributed by atoms with Gasteiger partial charge in [-0.25, -0.2) is 13.2 Å². The van der Waals surface area contributed by atoms with Crippen LogP contribution in [0.2, 0.25) is 0 Å². The lowest BCUT2D eigenvalue weighted by Gasteiger charge is -2.16. The molecule has 0 saturated carbocycles. The molecule has 1 heterocycles. The molecule has 2 N–H and O–H groups in total. The van der Waals surface area contributed by atoms with Crippen LogP contribution in [0.1, 0.15) is 35.1 Å². The highest BCUT2D eigenvalue weighted by Crippen LogP contribution is 2.29. The fourth-order valence-corrected chi connectivity index (χ4v) is 5.91. The van der Waals surface area contributed by atoms with E-state index in [2.05, 4.69) is 15.5 Å². The minimum Gasteiger partial charge on any atom is -0.478 e. The first kappa shape index (κ1) is 27.1. The molecule has 196 valence electrons. The van der Waals surface area contributed by atoms with Crippen LogP contribution in [0.15, 0.2) is 88.9 Å². The van der Waals surface area contributed by atoms with E-state index in [0.29, 0.717) is 23.0 Å². The van der Waals surface area contributed by atoms with Crippen molar-refractivity contribution in [3.63, 3.8) is 0 Å². The molecule has 1 atom stereocenters. The molecule has 0 aliphatic heterocycles. The Bertz CT molecular complexity index is 1530. The van der Waals surface area contributed by atoms with Gasteiger partial charge in [0.2, 0.25) is 5.91 Å². The topological polar surface area (TPSA) is 131 Å². The van der Waals surface area contributed by atoms with Crippen molar-refractivity contribution in [1.29, 1.82) is 0 Å². The zero-order valence-corrected chi connectivity index (χ0v) is 22.4. The normalized spacial score (nSPS) is 12.2. The molecule has 0 radical (unpaired) electrons. The first-order chi connectivity index (χ1) is 18.2. The van der Waals surface area contributed by atoms with Crippen LogP contribution in [0.4, 0.5) is 5.69 Å². The van der Waals surface area contributed by atoms with E-state index in [9.17, 15) is 18.0 Å². The quantitative estimate of drug-likeness (QED) is 0.270. The molecule has 4 aromatic rings. The summed E-state index contributed by atoms with van der Waals surface area (Å²) in [6.07, 6.45) is 0.461. The molecule has 0 bridgehead atoms. The molecule has 0 fully saturated rings. The number of carboxylic acids is 1. The fourth-order valence-electron chi connectivity index (χ4n) is 3.67. The van der Waals surface area contributed by atoms with Gasteiger partial charge in [0.1, 0.15) is 5.75 Å². The average Bonchev–Trinajstić information content (AvgIpc) is 3.29. The lowest BCUT2D eigenvalue weighted by Crippen LogP contribution is -2.25. The second kappa shape index (κ2) is 11.6. The number of para-hydroxylation sites is 1. The number of nitrogens with one attached hydrogen (secondary N) is 1. The first-order valence-electron chi connectivity index (χ1n) is 11.8. The van der Waals surface area contributed by atoms with Gasteiger partial charge < -0.3 is 10.4 Å². The average molecular weight is 551 g/mol. The summed E-state index contributed by atoms with van der Waals surface area (Å²) in [6, 6.07) is 21.7. The van der Waals surface area contributed by atoms with Crippen LogP contribution in [0.25, 0.3) is 5.69 Å². The number of carboxylic acid groups (broad SMARTS) is 1. The van der Waals surface area contributed by atoms with Crippen molar-refractivity contribution in [2.45, 2.75) is 41.3 Å². The van der Waals surface area contributed by atoms with E-state index in [1.165, 1.54) is 36.0 Å².